The molecular formula is C13H18FNO2. The minimum absolute atomic E-state index is 0.117. The first-order valence-corrected chi connectivity index (χ1v) is 5.87. The predicted octanol–water partition coefficient (Wildman–Crippen LogP) is 2.51. The number of halogens is 1. The Hall–Kier alpha value is -1.58. The molecule has 1 rings (SSSR count). The van der Waals surface area contributed by atoms with E-state index >= 15 is 0 Å². The smallest absolute Gasteiger partial charge is 0.261 e. The molecule has 1 aromatic rings. The molecule has 17 heavy (non-hydrogen) atoms. The summed E-state index contributed by atoms with van der Waals surface area (Å²) in [7, 11) is 0. The summed E-state index contributed by atoms with van der Waals surface area (Å²) < 4.78 is 18.7. The molecule has 0 aliphatic heterocycles. The second-order valence-corrected chi connectivity index (χ2v) is 3.74. The summed E-state index contributed by atoms with van der Waals surface area (Å²) in [5, 5.41) is 2.74. The number of hydrogen-bond acceptors (Lipinski definition) is 2. The monoisotopic (exact) mass is 239 g/mol. The molecular weight excluding hydrogens is 221 g/mol. The van der Waals surface area contributed by atoms with Crippen LogP contribution in [0.4, 0.5) is 4.39 Å². The highest BCUT2D eigenvalue weighted by Crippen LogP contribution is 2.18. The predicted molar refractivity (Wildman–Crippen MR) is 64.4 cm³/mol. The third-order valence-corrected chi connectivity index (χ3v) is 2.32. The van der Waals surface area contributed by atoms with Gasteiger partial charge in [-0.1, -0.05) is 26.0 Å². The van der Waals surface area contributed by atoms with Gasteiger partial charge >= 0.3 is 0 Å². The minimum Gasteiger partial charge on any atom is -0.478 e. The maximum atomic E-state index is 13.3. The van der Waals surface area contributed by atoms with Crippen LogP contribution in [-0.4, -0.2) is 18.6 Å². The average Bonchev–Trinajstić information content (AvgIpc) is 2.35. The van der Waals surface area contributed by atoms with Crippen molar-refractivity contribution in [2.75, 3.05) is 6.54 Å². The normalized spacial score (nSPS) is 11.9. The van der Waals surface area contributed by atoms with Gasteiger partial charge in [0.2, 0.25) is 0 Å². The van der Waals surface area contributed by atoms with Crippen molar-refractivity contribution in [3.05, 3.63) is 30.1 Å². The largest absolute Gasteiger partial charge is 0.478 e. The van der Waals surface area contributed by atoms with Crippen LogP contribution in [0.15, 0.2) is 24.3 Å². The lowest BCUT2D eigenvalue weighted by Gasteiger charge is -2.17. The van der Waals surface area contributed by atoms with E-state index < -0.39 is 11.9 Å². The van der Waals surface area contributed by atoms with Crippen LogP contribution in [-0.2, 0) is 4.79 Å². The van der Waals surface area contributed by atoms with Gasteiger partial charge < -0.3 is 10.1 Å². The van der Waals surface area contributed by atoms with Gasteiger partial charge in [-0.2, -0.15) is 0 Å². The Morgan fingerprint density at radius 2 is 2.12 bits per heavy atom. The fraction of sp³-hybridized carbons (Fsp3) is 0.462. The molecule has 0 spiro atoms. The second kappa shape index (κ2) is 6.89. The first kappa shape index (κ1) is 13.5. The van der Waals surface area contributed by atoms with Crippen LogP contribution >= 0.6 is 0 Å². The van der Waals surface area contributed by atoms with Crippen molar-refractivity contribution in [3.8, 4) is 5.75 Å². The Morgan fingerprint density at radius 3 is 2.71 bits per heavy atom. The Morgan fingerprint density at radius 1 is 1.41 bits per heavy atom. The zero-order chi connectivity index (χ0) is 12.7. The van der Waals surface area contributed by atoms with Crippen LogP contribution in [0.2, 0.25) is 0 Å². The molecule has 0 fully saturated rings. The lowest BCUT2D eigenvalue weighted by atomic mass is 10.2. The topological polar surface area (TPSA) is 38.3 Å². The summed E-state index contributed by atoms with van der Waals surface area (Å²) in [5.74, 6) is -0.530. The van der Waals surface area contributed by atoms with Crippen LogP contribution < -0.4 is 10.1 Å². The molecule has 0 bridgehead atoms. The zero-order valence-electron chi connectivity index (χ0n) is 10.2. The van der Waals surface area contributed by atoms with Gasteiger partial charge in [0.05, 0.1) is 0 Å². The van der Waals surface area contributed by atoms with E-state index in [-0.39, 0.29) is 11.7 Å². The quantitative estimate of drug-likeness (QED) is 0.828. The van der Waals surface area contributed by atoms with Crippen molar-refractivity contribution in [3.63, 3.8) is 0 Å². The number of carbonyl (C=O) groups is 1. The molecule has 1 unspecified atom stereocenters. The molecule has 4 heteroatoms. The summed E-state index contributed by atoms with van der Waals surface area (Å²) in [6.45, 7) is 4.41. The summed E-state index contributed by atoms with van der Waals surface area (Å²) in [6.07, 6.45) is 0.726. The molecule has 1 amide bonds. The van der Waals surface area contributed by atoms with E-state index in [4.69, 9.17) is 4.74 Å². The third-order valence-electron chi connectivity index (χ3n) is 2.32. The third kappa shape index (κ3) is 4.06. The first-order chi connectivity index (χ1) is 8.19. The molecule has 1 N–H and O–H groups in total. The van der Waals surface area contributed by atoms with Gasteiger partial charge in [0, 0.05) is 6.54 Å². The fourth-order valence-electron chi connectivity index (χ4n) is 1.38. The molecule has 0 aromatic heterocycles. The lowest BCUT2D eigenvalue weighted by molar-refractivity contribution is -0.128. The highest BCUT2D eigenvalue weighted by atomic mass is 19.1. The highest BCUT2D eigenvalue weighted by Gasteiger charge is 2.18. The Labute approximate surface area is 101 Å². The number of carbonyl (C=O) groups excluding carboxylic acids is 1. The van der Waals surface area contributed by atoms with Crippen LogP contribution in [0, 0.1) is 5.82 Å². The van der Waals surface area contributed by atoms with Gasteiger partial charge in [-0.15, -0.1) is 0 Å². The van der Waals surface area contributed by atoms with Gasteiger partial charge in [-0.05, 0) is 25.0 Å². The number of ether oxygens (including phenoxy) is 1. The van der Waals surface area contributed by atoms with Crippen LogP contribution in [0.5, 0.6) is 5.75 Å². The molecule has 1 aromatic carbocycles. The molecule has 3 nitrogen and oxygen atoms in total. The van der Waals surface area contributed by atoms with E-state index in [2.05, 4.69) is 5.32 Å². The van der Waals surface area contributed by atoms with Crippen molar-refractivity contribution in [1.82, 2.24) is 5.32 Å². The van der Waals surface area contributed by atoms with Crippen molar-refractivity contribution >= 4 is 5.91 Å². The molecule has 0 aliphatic rings. The van der Waals surface area contributed by atoms with Gasteiger partial charge in [-0.25, -0.2) is 4.39 Å². The Balaban J connectivity index is 2.63. The second-order valence-electron chi connectivity index (χ2n) is 3.74. The highest BCUT2D eigenvalue weighted by molar-refractivity contribution is 5.81. The molecule has 0 aliphatic carbocycles. The number of hydrogen-bond donors (Lipinski definition) is 1. The van der Waals surface area contributed by atoms with E-state index in [0.717, 1.165) is 6.42 Å². The van der Waals surface area contributed by atoms with E-state index in [9.17, 15) is 9.18 Å². The average molecular weight is 239 g/mol. The number of benzene rings is 1. The maximum absolute atomic E-state index is 13.3. The van der Waals surface area contributed by atoms with Crippen LogP contribution in [0.25, 0.3) is 0 Å². The Bertz CT molecular complexity index is 368. The molecule has 0 saturated heterocycles. The lowest BCUT2D eigenvalue weighted by Crippen LogP contribution is -2.38. The maximum Gasteiger partial charge on any atom is 0.261 e. The summed E-state index contributed by atoms with van der Waals surface area (Å²) in [4.78, 5) is 11.7. The van der Waals surface area contributed by atoms with E-state index in [1.54, 1.807) is 12.1 Å². The number of amides is 1. The fourth-order valence-corrected chi connectivity index (χ4v) is 1.38. The minimum atomic E-state index is -0.640. The van der Waals surface area contributed by atoms with Gasteiger partial charge in [0.25, 0.3) is 5.91 Å². The number of nitrogens with one attached hydrogen (secondary N) is 1. The van der Waals surface area contributed by atoms with Gasteiger partial charge in [0.15, 0.2) is 17.7 Å². The first-order valence-electron chi connectivity index (χ1n) is 5.87. The van der Waals surface area contributed by atoms with Crippen molar-refractivity contribution in [2.24, 2.45) is 0 Å². The van der Waals surface area contributed by atoms with Crippen LogP contribution in [0.1, 0.15) is 26.7 Å². The molecule has 0 saturated carbocycles. The van der Waals surface area contributed by atoms with E-state index in [1.165, 1.54) is 12.1 Å². The van der Waals surface area contributed by atoms with Gasteiger partial charge in [0.1, 0.15) is 0 Å². The molecule has 1 atom stereocenters. The van der Waals surface area contributed by atoms with E-state index in [1.807, 2.05) is 13.8 Å². The number of para-hydroxylation sites is 1. The summed E-state index contributed by atoms with van der Waals surface area (Å²) >= 11 is 0. The standard InChI is InChI=1S/C13H18FNO2/c1-3-9-15-13(16)11(4-2)17-12-8-6-5-7-10(12)14/h5-8,11H,3-4,9H2,1-2H3,(H,15,16). The number of rotatable bonds is 6. The zero-order valence-corrected chi connectivity index (χ0v) is 10.2. The van der Waals surface area contributed by atoms with Crippen molar-refractivity contribution < 1.29 is 13.9 Å². The molecule has 0 heterocycles. The summed E-state index contributed by atoms with van der Waals surface area (Å²) in [5.41, 5.74) is 0. The van der Waals surface area contributed by atoms with E-state index in [0.29, 0.717) is 13.0 Å². The molecule has 94 valence electrons. The van der Waals surface area contributed by atoms with Crippen molar-refractivity contribution in [1.29, 1.82) is 0 Å². The summed E-state index contributed by atoms with van der Waals surface area (Å²) in [6, 6.07) is 6.09. The van der Waals surface area contributed by atoms with Crippen molar-refractivity contribution in [2.45, 2.75) is 32.8 Å². The van der Waals surface area contributed by atoms with Crippen LogP contribution in [0.3, 0.4) is 0 Å². The Kier molecular flexibility index (Phi) is 5.46. The van der Waals surface area contributed by atoms with Gasteiger partial charge in [-0.3, -0.25) is 4.79 Å². The molecule has 0 radical (unpaired) electrons. The SMILES string of the molecule is CCCNC(=O)C(CC)Oc1ccccc1F.